The molecule has 0 saturated heterocycles. The molecule has 34 heavy (non-hydrogen) atoms. The van der Waals surface area contributed by atoms with Gasteiger partial charge in [0, 0.05) is 12.2 Å². The third-order valence-electron chi connectivity index (χ3n) is 7.58. The van der Waals surface area contributed by atoms with Crippen molar-refractivity contribution >= 4 is 6.08 Å². The number of allylic oxidation sites excluding steroid dienone is 1. The average Bonchev–Trinajstić information content (AvgIpc) is 2.85. The molecule has 5 heteroatoms. The number of rotatable bonds is 7. The maximum absolute atomic E-state index is 15.0. The topological polar surface area (TPSA) is 29.5 Å². The fraction of sp³-hybridized carbons (Fsp3) is 0.517. The number of hydrogen-bond acceptors (Lipinski definition) is 2. The van der Waals surface area contributed by atoms with E-state index in [9.17, 15) is 13.9 Å². The molecule has 2 nitrogen and oxygen atoms in total. The highest BCUT2D eigenvalue weighted by Gasteiger charge is 2.29. The minimum absolute atomic E-state index is 0.0102. The van der Waals surface area contributed by atoms with Crippen molar-refractivity contribution in [1.29, 1.82) is 0 Å². The first-order chi connectivity index (χ1) is 16.5. The molecule has 2 aliphatic carbocycles. The molecule has 4 rings (SSSR count). The summed E-state index contributed by atoms with van der Waals surface area (Å²) in [6.45, 7) is 2.91. The standard InChI is InChI=1S/C29H35F3O2/c1-2-34-18-20-6-10-23(27(30)17-20)9-5-19-3-7-21(8-4-19)25-15-16-26(29(32)28(25)31)22-11-13-24(33)14-12-22/h5-6,9-10,15-17,19,21-22,24,33H,2-4,7-8,11-14,18H2,1H3/b9-5+. The molecule has 0 bridgehead atoms. The van der Waals surface area contributed by atoms with E-state index in [0.717, 1.165) is 31.2 Å². The van der Waals surface area contributed by atoms with Gasteiger partial charge in [-0.05, 0) is 98.8 Å². The first kappa shape index (κ1) is 25.0. The molecule has 0 aromatic heterocycles. The quantitative estimate of drug-likeness (QED) is 0.449. The van der Waals surface area contributed by atoms with Gasteiger partial charge in [0.2, 0.25) is 0 Å². The molecule has 2 saturated carbocycles. The van der Waals surface area contributed by atoms with Crippen LogP contribution in [0.5, 0.6) is 0 Å². The zero-order valence-electron chi connectivity index (χ0n) is 19.9. The Bertz CT molecular complexity index is 987. The fourth-order valence-electron chi connectivity index (χ4n) is 5.47. The van der Waals surface area contributed by atoms with Crippen molar-refractivity contribution < 1.29 is 23.0 Å². The van der Waals surface area contributed by atoms with Gasteiger partial charge in [-0.2, -0.15) is 0 Å². The third kappa shape index (κ3) is 5.92. The summed E-state index contributed by atoms with van der Waals surface area (Å²) < 4.78 is 49.7. The van der Waals surface area contributed by atoms with Crippen LogP contribution in [0.15, 0.2) is 36.4 Å². The van der Waals surface area contributed by atoms with E-state index in [2.05, 4.69) is 0 Å². The van der Waals surface area contributed by atoms with Crippen molar-refractivity contribution in [3.8, 4) is 0 Å². The fourth-order valence-corrected chi connectivity index (χ4v) is 5.47. The van der Waals surface area contributed by atoms with Gasteiger partial charge in [0.15, 0.2) is 11.6 Å². The molecular weight excluding hydrogens is 437 g/mol. The van der Waals surface area contributed by atoms with Gasteiger partial charge in [-0.1, -0.05) is 36.4 Å². The van der Waals surface area contributed by atoms with E-state index in [-0.39, 0.29) is 23.8 Å². The number of benzene rings is 2. The zero-order valence-corrected chi connectivity index (χ0v) is 19.9. The minimum atomic E-state index is -0.704. The predicted molar refractivity (Wildman–Crippen MR) is 129 cm³/mol. The van der Waals surface area contributed by atoms with Gasteiger partial charge in [0.05, 0.1) is 12.7 Å². The largest absolute Gasteiger partial charge is 0.393 e. The van der Waals surface area contributed by atoms with Gasteiger partial charge in [-0.3, -0.25) is 0 Å². The molecule has 1 N–H and O–H groups in total. The summed E-state index contributed by atoms with van der Waals surface area (Å²) in [4.78, 5) is 0. The van der Waals surface area contributed by atoms with Crippen LogP contribution < -0.4 is 0 Å². The number of ether oxygens (including phenoxy) is 1. The van der Waals surface area contributed by atoms with E-state index in [4.69, 9.17) is 4.74 Å². The van der Waals surface area contributed by atoms with E-state index in [1.807, 2.05) is 25.1 Å². The lowest BCUT2D eigenvalue weighted by molar-refractivity contribution is 0.122. The van der Waals surface area contributed by atoms with Crippen molar-refractivity contribution in [2.24, 2.45) is 5.92 Å². The molecule has 2 aliphatic rings. The monoisotopic (exact) mass is 472 g/mol. The Balaban J connectivity index is 1.35. The first-order valence-electron chi connectivity index (χ1n) is 12.7. The van der Waals surface area contributed by atoms with Crippen LogP contribution in [0.2, 0.25) is 0 Å². The summed E-state index contributed by atoms with van der Waals surface area (Å²) >= 11 is 0. The SMILES string of the molecule is CCOCc1ccc(/C=C/C2CCC(c3ccc(C4CCC(O)CC4)c(F)c3F)CC2)c(F)c1. The second-order valence-corrected chi connectivity index (χ2v) is 9.84. The highest BCUT2D eigenvalue weighted by atomic mass is 19.2. The Labute approximate surface area is 200 Å². The smallest absolute Gasteiger partial charge is 0.162 e. The predicted octanol–water partition coefficient (Wildman–Crippen LogP) is 7.65. The molecule has 0 atom stereocenters. The Kier molecular flexibility index (Phi) is 8.49. The van der Waals surface area contributed by atoms with Gasteiger partial charge >= 0.3 is 0 Å². The van der Waals surface area contributed by atoms with E-state index in [1.54, 1.807) is 18.2 Å². The lowest BCUT2D eigenvalue weighted by Crippen LogP contribution is -2.19. The Morgan fingerprint density at radius 1 is 0.853 bits per heavy atom. The number of hydrogen-bond donors (Lipinski definition) is 1. The average molecular weight is 473 g/mol. The van der Waals surface area contributed by atoms with Crippen LogP contribution >= 0.6 is 0 Å². The molecule has 2 aromatic rings. The summed E-state index contributed by atoms with van der Waals surface area (Å²) in [5.74, 6) is -1.36. The summed E-state index contributed by atoms with van der Waals surface area (Å²) in [5, 5.41) is 9.69. The van der Waals surface area contributed by atoms with E-state index < -0.39 is 11.6 Å². The van der Waals surface area contributed by atoms with Crippen LogP contribution in [0.25, 0.3) is 6.08 Å². The van der Waals surface area contributed by atoms with Gasteiger partial charge in [-0.25, -0.2) is 13.2 Å². The Hall–Kier alpha value is -2.11. The maximum atomic E-state index is 15.0. The van der Waals surface area contributed by atoms with Crippen molar-refractivity contribution in [3.05, 3.63) is 76.1 Å². The highest BCUT2D eigenvalue weighted by Crippen LogP contribution is 2.41. The summed E-state index contributed by atoms with van der Waals surface area (Å²) in [7, 11) is 0. The van der Waals surface area contributed by atoms with Crippen LogP contribution in [0, 0.1) is 23.4 Å². The van der Waals surface area contributed by atoms with Crippen LogP contribution in [-0.4, -0.2) is 17.8 Å². The summed E-state index contributed by atoms with van der Waals surface area (Å²) in [5.41, 5.74) is 2.31. The van der Waals surface area contributed by atoms with Gasteiger partial charge in [-0.15, -0.1) is 0 Å². The van der Waals surface area contributed by atoms with Crippen molar-refractivity contribution in [3.63, 3.8) is 0 Å². The molecule has 2 fully saturated rings. The normalized spacial score (nSPS) is 25.7. The highest BCUT2D eigenvalue weighted by molar-refractivity contribution is 5.51. The third-order valence-corrected chi connectivity index (χ3v) is 7.58. The van der Waals surface area contributed by atoms with Gasteiger partial charge in [0.1, 0.15) is 5.82 Å². The lowest BCUT2D eigenvalue weighted by atomic mass is 9.77. The molecule has 0 unspecified atom stereocenters. The molecule has 2 aromatic carbocycles. The van der Waals surface area contributed by atoms with Crippen LogP contribution in [-0.2, 0) is 11.3 Å². The van der Waals surface area contributed by atoms with E-state index in [0.29, 0.717) is 61.5 Å². The molecule has 0 aliphatic heterocycles. The lowest BCUT2D eigenvalue weighted by Gasteiger charge is -2.29. The summed E-state index contributed by atoms with van der Waals surface area (Å²) in [6, 6.07) is 8.71. The second-order valence-electron chi connectivity index (χ2n) is 9.84. The second kappa shape index (κ2) is 11.5. The molecule has 184 valence electrons. The Morgan fingerprint density at radius 3 is 2.00 bits per heavy atom. The van der Waals surface area contributed by atoms with Crippen LogP contribution in [0.4, 0.5) is 13.2 Å². The number of halogens is 3. The summed E-state index contributed by atoms with van der Waals surface area (Å²) in [6.07, 6.45) is 9.57. The maximum Gasteiger partial charge on any atom is 0.162 e. The molecule has 0 radical (unpaired) electrons. The van der Waals surface area contributed by atoms with Gasteiger partial charge in [0.25, 0.3) is 0 Å². The van der Waals surface area contributed by atoms with Crippen molar-refractivity contribution in [1.82, 2.24) is 0 Å². The zero-order chi connectivity index (χ0) is 24.1. The molecule has 0 heterocycles. The van der Waals surface area contributed by atoms with E-state index >= 15 is 4.39 Å². The van der Waals surface area contributed by atoms with Crippen molar-refractivity contribution in [2.45, 2.75) is 82.8 Å². The van der Waals surface area contributed by atoms with Gasteiger partial charge < -0.3 is 9.84 Å². The number of aliphatic hydroxyl groups excluding tert-OH is 1. The van der Waals surface area contributed by atoms with E-state index in [1.165, 1.54) is 6.07 Å². The molecular formula is C29H35F3O2. The minimum Gasteiger partial charge on any atom is -0.393 e. The molecule has 0 amide bonds. The molecule has 0 spiro atoms. The van der Waals surface area contributed by atoms with Crippen LogP contribution in [0.3, 0.4) is 0 Å². The van der Waals surface area contributed by atoms with Crippen molar-refractivity contribution in [2.75, 3.05) is 6.61 Å². The Morgan fingerprint density at radius 2 is 1.44 bits per heavy atom. The first-order valence-corrected chi connectivity index (χ1v) is 12.7. The number of aliphatic hydroxyl groups is 1. The van der Waals surface area contributed by atoms with Crippen LogP contribution in [0.1, 0.15) is 92.4 Å².